The molecule has 0 aromatic heterocycles. The van der Waals surface area contributed by atoms with E-state index in [1.807, 2.05) is 75.4 Å². The summed E-state index contributed by atoms with van der Waals surface area (Å²) in [7, 11) is -3.97. The Bertz CT molecular complexity index is 843. The van der Waals surface area contributed by atoms with Crippen molar-refractivity contribution in [2.45, 2.75) is 20.8 Å². The van der Waals surface area contributed by atoms with Crippen LogP contribution >= 0.6 is 7.82 Å². The van der Waals surface area contributed by atoms with Crippen LogP contribution in [-0.4, -0.2) is 33.8 Å². The zero-order valence-corrected chi connectivity index (χ0v) is 19.0. The second kappa shape index (κ2) is 13.1. The van der Waals surface area contributed by atoms with Crippen LogP contribution in [0.15, 0.2) is 72.8 Å². The van der Waals surface area contributed by atoms with Gasteiger partial charge in [-0.3, -0.25) is 0 Å². The van der Waals surface area contributed by atoms with E-state index in [1.54, 1.807) is 18.2 Å². The fourth-order valence-corrected chi connectivity index (χ4v) is 3.84. The first kappa shape index (κ1) is 29.9. The predicted molar refractivity (Wildman–Crippen MR) is 115 cm³/mol. The minimum absolute atomic E-state index is 0. The summed E-state index contributed by atoms with van der Waals surface area (Å²) in [5.41, 5.74) is 2.53. The van der Waals surface area contributed by atoms with Gasteiger partial charge in [-0.05, 0) is 55.7 Å². The second-order valence-corrected chi connectivity index (χ2v) is 7.46. The van der Waals surface area contributed by atoms with E-state index < -0.39 is 7.82 Å². The summed E-state index contributed by atoms with van der Waals surface area (Å²) >= 11 is 0. The van der Waals surface area contributed by atoms with Crippen LogP contribution in [0, 0.1) is 20.8 Å². The third-order valence-electron chi connectivity index (χ3n) is 3.91. The van der Waals surface area contributed by atoms with Gasteiger partial charge in [-0.2, -0.15) is 4.57 Å². The average Bonchev–Trinajstić information content (AvgIpc) is 2.61. The molecule has 0 heterocycles. The Hall–Kier alpha value is -2.30. The summed E-state index contributed by atoms with van der Waals surface area (Å²) in [5, 5.41) is 0. The van der Waals surface area contributed by atoms with Crippen LogP contribution in [0.4, 0.5) is 0 Å². The zero-order chi connectivity index (χ0) is 18.6. The van der Waals surface area contributed by atoms with Crippen LogP contribution in [0.25, 0.3) is 0 Å². The summed E-state index contributed by atoms with van der Waals surface area (Å²) < 4.78 is 30.8. The summed E-state index contributed by atoms with van der Waals surface area (Å²) in [4.78, 5) is 0. The normalized spacial score (nSPS) is 9.57. The fraction of sp³-hybridized carbons (Fsp3) is 0.143. The summed E-state index contributed by atoms with van der Waals surface area (Å²) in [6.45, 7) is 5.63. The van der Waals surface area contributed by atoms with E-state index >= 15 is 0 Å². The Morgan fingerprint density at radius 3 is 1.00 bits per heavy atom. The SMILES string of the molecule is Cc1ccccc1OP(=O)(Oc1ccccc1C)Oc1ccccc1C.[Al+3].[OH-].[OH-].[OH-]. The number of benzene rings is 3. The van der Waals surface area contributed by atoms with Gasteiger partial charge >= 0.3 is 25.2 Å². The summed E-state index contributed by atoms with van der Waals surface area (Å²) in [6, 6.07) is 22.0. The largest absolute Gasteiger partial charge is 3.00 e. The van der Waals surface area contributed by atoms with Crippen molar-refractivity contribution in [2.75, 3.05) is 0 Å². The van der Waals surface area contributed by atoms with Crippen LogP contribution in [0.5, 0.6) is 17.2 Å². The van der Waals surface area contributed by atoms with Gasteiger partial charge in [-0.1, -0.05) is 54.6 Å². The first-order chi connectivity index (χ1) is 12.5. The molecular formula is C21H24AlO7P. The Morgan fingerprint density at radius 2 is 0.767 bits per heavy atom. The van der Waals surface area contributed by atoms with E-state index in [-0.39, 0.29) is 33.8 Å². The Kier molecular flexibility index (Phi) is 13.1. The molecule has 7 nitrogen and oxygen atoms in total. The third-order valence-corrected chi connectivity index (χ3v) is 5.17. The van der Waals surface area contributed by atoms with Gasteiger partial charge in [0.15, 0.2) is 0 Å². The number of aryl methyl sites for hydroxylation is 3. The molecule has 0 radical (unpaired) electrons. The monoisotopic (exact) mass is 446 g/mol. The van der Waals surface area contributed by atoms with E-state index in [0.717, 1.165) is 16.7 Å². The van der Waals surface area contributed by atoms with Crippen molar-refractivity contribution in [3.05, 3.63) is 89.5 Å². The topological polar surface area (TPSA) is 135 Å². The standard InChI is InChI=1S/C21H21O4P.Al.3H2O/c1-16-10-4-7-13-19(16)23-26(22,24-20-14-8-5-11-17(20)2)25-21-15-9-6-12-18(21)3;;;;/h4-15H,1-3H3;;3*1H2/q;+3;;;/p-3. The minimum Gasteiger partial charge on any atom is -0.870 e. The molecular weight excluding hydrogens is 422 g/mol. The molecule has 30 heavy (non-hydrogen) atoms. The van der Waals surface area contributed by atoms with Gasteiger partial charge in [0.25, 0.3) is 0 Å². The molecule has 158 valence electrons. The predicted octanol–water partition coefficient (Wildman–Crippen LogP) is 5.35. The molecule has 0 amide bonds. The van der Waals surface area contributed by atoms with Crippen LogP contribution < -0.4 is 13.6 Å². The van der Waals surface area contributed by atoms with Crippen LogP contribution in [0.1, 0.15) is 16.7 Å². The van der Waals surface area contributed by atoms with Crippen LogP contribution in [0.2, 0.25) is 0 Å². The molecule has 3 aromatic rings. The van der Waals surface area contributed by atoms with Gasteiger partial charge in [0, 0.05) is 0 Å². The van der Waals surface area contributed by atoms with Gasteiger partial charge < -0.3 is 30.0 Å². The molecule has 3 N–H and O–H groups in total. The van der Waals surface area contributed by atoms with Crippen molar-refractivity contribution >= 4 is 25.2 Å². The first-order valence-corrected chi connectivity index (χ1v) is 9.79. The van der Waals surface area contributed by atoms with E-state index in [0.29, 0.717) is 17.2 Å². The molecule has 3 rings (SSSR count). The molecule has 3 aromatic carbocycles. The molecule has 0 saturated carbocycles. The Morgan fingerprint density at radius 1 is 0.533 bits per heavy atom. The van der Waals surface area contributed by atoms with Crippen molar-refractivity contribution in [3.8, 4) is 17.2 Å². The van der Waals surface area contributed by atoms with Gasteiger partial charge in [0.05, 0.1) is 0 Å². The fourth-order valence-electron chi connectivity index (χ4n) is 2.39. The number of hydrogen-bond donors (Lipinski definition) is 0. The summed E-state index contributed by atoms with van der Waals surface area (Å²) in [6.07, 6.45) is 0. The van der Waals surface area contributed by atoms with Gasteiger partial charge in [-0.15, -0.1) is 0 Å². The molecule has 0 saturated heterocycles. The Balaban J connectivity index is 0. The first-order valence-electron chi connectivity index (χ1n) is 8.32. The molecule has 0 aliphatic heterocycles. The molecule has 0 atom stereocenters. The van der Waals surface area contributed by atoms with E-state index in [9.17, 15) is 4.57 Å². The molecule has 0 bridgehead atoms. The van der Waals surface area contributed by atoms with Crippen LogP contribution in [0.3, 0.4) is 0 Å². The quantitative estimate of drug-likeness (QED) is 0.368. The maximum atomic E-state index is 13.5. The van der Waals surface area contributed by atoms with E-state index in [2.05, 4.69) is 0 Å². The van der Waals surface area contributed by atoms with Gasteiger partial charge in [0.2, 0.25) is 0 Å². The zero-order valence-electron chi connectivity index (χ0n) is 16.9. The minimum atomic E-state index is -3.97. The molecule has 9 heteroatoms. The molecule has 0 aliphatic rings. The number of phosphoric ester groups is 1. The number of para-hydroxylation sites is 3. The number of rotatable bonds is 6. The van der Waals surface area contributed by atoms with E-state index in [4.69, 9.17) is 13.6 Å². The third kappa shape index (κ3) is 7.51. The average molecular weight is 446 g/mol. The maximum Gasteiger partial charge on any atom is 3.00 e. The molecule has 0 aliphatic carbocycles. The van der Waals surface area contributed by atoms with Gasteiger partial charge in [-0.25, -0.2) is 0 Å². The van der Waals surface area contributed by atoms with Crippen LogP contribution in [-0.2, 0) is 4.57 Å². The van der Waals surface area contributed by atoms with Crippen molar-refractivity contribution in [3.63, 3.8) is 0 Å². The molecule has 0 fully saturated rings. The van der Waals surface area contributed by atoms with Crippen molar-refractivity contribution in [1.29, 1.82) is 0 Å². The Labute approximate surface area is 187 Å². The number of phosphoric acid groups is 1. The molecule has 0 unspecified atom stereocenters. The van der Waals surface area contributed by atoms with Crippen molar-refractivity contribution in [2.24, 2.45) is 0 Å². The van der Waals surface area contributed by atoms with Crippen molar-refractivity contribution < 1.29 is 34.6 Å². The van der Waals surface area contributed by atoms with Crippen molar-refractivity contribution in [1.82, 2.24) is 0 Å². The summed E-state index contributed by atoms with van der Waals surface area (Å²) in [5.74, 6) is 1.37. The number of hydrogen-bond acceptors (Lipinski definition) is 7. The van der Waals surface area contributed by atoms with E-state index in [1.165, 1.54) is 0 Å². The maximum absolute atomic E-state index is 13.5. The molecule has 0 spiro atoms. The smallest absolute Gasteiger partial charge is 0.870 e. The second-order valence-electron chi connectivity index (χ2n) is 6.02. The van der Waals surface area contributed by atoms with Gasteiger partial charge in [0.1, 0.15) is 17.2 Å².